The predicted octanol–water partition coefficient (Wildman–Crippen LogP) is 4.79. The van der Waals surface area contributed by atoms with Crippen molar-refractivity contribution in [2.24, 2.45) is 0 Å². The van der Waals surface area contributed by atoms with E-state index in [2.05, 4.69) is 10.0 Å². The van der Waals surface area contributed by atoms with E-state index in [1.807, 2.05) is 0 Å². The quantitative estimate of drug-likeness (QED) is 0.471. The van der Waals surface area contributed by atoms with Gasteiger partial charge in [-0.3, -0.25) is 9.52 Å². The molecule has 0 fully saturated rings. The largest absolute Gasteiger partial charge is 0.495 e. The molecule has 0 heterocycles. The summed E-state index contributed by atoms with van der Waals surface area (Å²) >= 11 is 5.97. The molecule has 0 aromatic heterocycles. The maximum atomic E-state index is 14.0. The number of ether oxygens (including phenoxy) is 2. The fraction of sp³-hybridized carbons (Fsp3) is 0.174. The number of nitrogens with one attached hydrogen (secondary N) is 2. The molecule has 3 aromatic rings. The standard InChI is InChI=1S/C23H22ClFN2O5S/c1-14(15-7-9-21(31-2)19(25)12-15)26-23(28)16-5-4-6-18(11-16)33(29,30)27-20-13-17(24)8-10-22(20)32-3/h4-14,27H,1-3H3,(H,26,28)/t14-/m0/s1. The Kier molecular flexibility index (Phi) is 7.45. The molecule has 0 saturated carbocycles. The molecule has 0 spiro atoms. The molecule has 2 N–H and O–H groups in total. The van der Waals surface area contributed by atoms with Gasteiger partial charge in [0.1, 0.15) is 5.75 Å². The van der Waals surface area contributed by atoms with E-state index in [4.69, 9.17) is 21.1 Å². The molecule has 1 atom stereocenters. The highest BCUT2D eigenvalue weighted by molar-refractivity contribution is 7.92. The highest BCUT2D eigenvalue weighted by Gasteiger charge is 2.20. The SMILES string of the molecule is COc1ccc([C@H](C)NC(=O)c2cccc(S(=O)(=O)Nc3cc(Cl)ccc3OC)c2)cc1F. The van der Waals surface area contributed by atoms with Crippen molar-refractivity contribution in [1.29, 1.82) is 0 Å². The van der Waals surface area contributed by atoms with Gasteiger partial charge >= 0.3 is 0 Å². The normalized spacial score (nSPS) is 12.0. The summed E-state index contributed by atoms with van der Waals surface area (Å²) in [7, 11) is -1.28. The van der Waals surface area contributed by atoms with Crippen LogP contribution in [0.3, 0.4) is 0 Å². The second-order valence-corrected chi connectivity index (χ2v) is 9.19. The molecule has 10 heteroatoms. The highest BCUT2D eigenvalue weighted by atomic mass is 35.5. The number of carbonyl (C=O) groups excluding carboxylic acids is 1. The van der Waals surface area contributed by atoms with Gasteiger partial charge in [0, 0.05) is 10.6 Å². The van der Waals surface area contributed by atoms with Crippen molar-refractivity contribution in [2.75, 3.05) is 18.9 Å². The summed E-state index contributed by atoms with van der Waals surface area (Å²) in [5.41, 5.74) is 0.812. The van der Waals surface area contributed by atoms with Crippen LogP contribution in [-0.2, 0) is 10.0 Å². The molecule has 33 heavy (non-hydrogen) atoms. The fourth-order valence-electron chi connectivity index (χ4n) is 3.08. The van der Waals surface area contributed by atoms with E-state index in [-0.39, 0.29) is 27.6 Å². The van der Waals surface area contributed by atoms with Gasteiger partial charge in [-0.2, -0.15) is 0 Å². The van der Waals surface area contributed by atoms with Crippen molar-refractivity contribution in [3.05, 3.63) is 82.6 Å². The first-order valence-corrected chi connectivity index (χ1v) is 11.6. The van der Waals surface area contributed by atoms with Crippen molar-refractivity contribution in [3.63, 3.8) is 0 Å². The van der Waals surface area contributed by atoms with Crippen LogP contribution in [0.5, 0.6) is 11.5 Å². The average molecular weight is 493 g/mol. The van der Waals surface area contributed by atoms with Gasteiger partial charge in [-0.15, -0.1) is 0 Å². The minimum atomic E-state index is -4.04. The van der Waals surface area contributed by atoms with Gasteiger partial charge in [0.25, 0.3) is 15.9 Å². The fourth-order valence-corrected chi connectivity index (χ4v) is 4.36. The van der Waals surface area contributed by atoms with Crippen LogP contribution in [0.15, 0.2) is 65.6 Å². The lowest BCUT2D eigenvalue weighted by molar-refractivity contribution is 0.0939. The van der Waals surface area contributed by atoms with Crippen molar-refractivity contribution in [1.82, 2.24) is 5.32 Å². The van der Waals surface area contributed by atoms with Crippen LogP contribution in [0.4, 0.5) is 10.1 Å². The number of amides is 1. The number of rotatable bonds is 8. The molecule has 0 saturated heterocycles. The smallest absolute Gasteiger partial charge is 0.262 e. The lowest BCUT2D eigenvalue weighted by Gasteiger charge is -2.16. The van der Waals surface area contributed by atoms with Gasteiger partial charge in [-0.25, -0.2) is 12.8 Å². The zero-order valence-electron chi connectivity index (χ0n) is 18.1. The van der Waals surface area contributed by atoms with Gasteiger partial charge in [0.2, 0.25) is 0 Å². The Morgan fingerprint density at radius 2 is 1.70 bits per heavy atom. The molecule has 3 aromatic carbocycles. The van der Waals surface area contributed by atoms with Crippen molar-refractivity contribution >= 4 is 33.2 Å². The molecular formula is C23H22ClFN2O5S. The summed E-state index contributed by atoms with van der Waals surface area (Å²) in [6.45, 7) is 1.69. The number of methoxy groups -OCH3 is 2. The first-order valence-electron chi connectivity index (χ1n) is 9.75. The zero-order chi connectivity index (χ0) is 24.2. The highest BCUT2D eigenvalue weighted by Crippen LogP contribution is 2.30. The Balaban J connectivity index is 1.80. The van der Waals surface area contributed by atoms with Crippen LogP contribution < -0.4 is 19.5 Å². The Labute approximate surface area is 196 Å². The van der Waals surface area contributed by atoms with Gasteiger partial charge in [0.15, 0.2) is 11.6 Å². The molecule has 174 valence electrons. The lowest BCUT2D eigenvalue weighted by atomic mass is 10.1. The molecule has 0 unspecified atom stereocenters. The van der Waals surface area contributed by atoms with Crippen LogP contribution in [0.25, 0.3) is 0 Å². The van der Waals surface area contributed by atoms with E-state index >= 15 is 0 Å². The number of hydrogen-bond donors (Lipinski definition) is 2. The van der Waals surface area contributed by atoms with Crippen LogP contribution in [0.2, 0.25) is 5.02 Å². The Morgan fingerprint density at radius 1 is 1.00 bits per heavy atom. The summed E-state index contributed by atoms with van der Waals surface area (Å²) in [6, 6.07) is 13.9. The average Bonchev–Trinajstić information content (AvgIpc) is 2.79. The number of sulfonamides is 1. The third kappa shape index (κ3) is 5.74. The Bertz CT molecular complexity index is 1280. The first kappa shape index (κ1) is 24.3. The number of carbonyl (C=O) groups is 1. The Hall–Kier alpha value is -3.30. The maximum absolute atomic E-state index is 14.0. The summed E-state index contributed by atoms with van der Waals surface area (Å²) in [5.74, 6) is -0.681. The van der Waals surface area contributed by atoms with E-state index in [0.29, 0.717) is 10.6 Å². The monoisotopic (exact) mass is 492 g/mol. The summed E-state index contributed by atoms with van der Waals surface area (Å²) in [4.78, 5) is 12.6. The second kappa shape index (κ2) is 10.1. The van der Waals surface area contributed by atoms with E-state index in [1.165, 1.54) is 62.8 Å². The van der Waals surface area contributed by atoms with E-state index in [9.17, 15) is 17.6 Å². The zero-order valence-corrected chi connectivity index (χ0v) is 19.6. The third-order valence-electron chi connectivity index (χ3n) is 4.84. The topological polar surface area (TPSA) is 93.7 Å². The number of hydrogen-bond acceptors (Lipinski definition) is 5. The molecule has 7 nitrogen and oxygen atoms in total. The molecule has 3 rings (SSSR count). The van der Waals surface area contributed by atoms with E-state index in [0.717, 1.165) is 0 Å². The summed E-state index contributed by atoms with van der Waals surface area (Å²) < 4.78 is 52.3. The lowest BCUT2D eigenvalue weighted by Crippen LogP contribution is -2.27. The molecule has 0 radical (unpaired) electrons. The van der Waals surface area contributed by atoms with Crippen molar-refractivity contribution in [2.45, 2.75) is 17.9 Å². The molecular weight excluding hydrogens is 471 g/mol. The minimum absolute atomic E-state index is 0.0963. The van der Waals surface area contributed by atoms with Gasteiger partial charge < -0.3 is 14.8 Å². The van der Waals surface area contributed by atoms with Crippen LogP contribution in [0, 0.1) is 5.82 Å². The van der Waals surface area contributed by atoms with Gasteiger partial charge in [0.05, 0.1) is 30.8 Å². The third-order valence-corrected chi connectivity index (χ3v) is 6.43. The Morgan fingerprint density at radius 3 is 2.36 bits per heavy atom. The molecule has 0 bridgehead atoms. The first-order chi connectivity index (χ1) is 15.6. The second-order valence-electron chi connectivity index (χ2n) is 7.07. The maximum Gasteiger partial charge on any atom is 0.262 e. The van der Waals surface area contributed by atoms with E-state index in [1.54, 1.807) is 19.1 Å². The van der Waals surface area contributed by atoms with Gasteiger partial charge in [-0.05, 0) is 61.0 Å². The van der Waals surface area contributed by atoms with Crippen molar-refractivity contribution in [3.8, 4) is 11.5 Å². The predicted molar refractivity (Wildman–Crippen MR) is 124 cm³/mol. The number of halogens is 2. The number of anilines is 1. The van der Waals surface area contributed by atoms with Crippen LogP contribution >= 0.6 is 11.6 Å². The molecule has 1 amide bonds. The van der Waals surface area contributed by atoms with Crippen molar-refractivity contribution < 1.29 is 27.1 Å². The number of benzene rings is 3. The molecule has 0 aliphatic rings. The molecule has 0 aliphatic carbocycles. The summed E-state index contributed by atoms with van der Waals surface area (Å²) in [5, 5.41) is 3.06. The summed E-state index contributed by atoms with van der Waals surface area (Å²) in [6.07, 6.45) is 0. The van der Waals surface area contributed by atoms with E-state index < -0.39 is 27.8 Å². The van der Waals surface area contributed by atoms with Crippen LogP contribution in [0.1, 0.15) is 28.9 Å². The molecule has 0 aliphatic heterocycles. The van der Waals surface area contributed by atoms with Gasteiger partial charge in [-0.1, -0.05) is 23.7 Å². The van der Waals surface area contributed by atoms with Crippen LogP contribution in [-0.4, -0.2) is 28.5 Å². The minimum Gasteiger partial charge on any atom is -0.495 e.